The van der Waals surface area contributed by atoms with Crippen molar-refractivity contribution in [1.29, 1.82) is 0 Å². The van der Waals surface area contributed by atoms with E-state index in [0.29, 0.717) is 6.07 Å². The second-order valence-corrected chi connectivity index (χ2v) is 3.37. The molecule has 100 valence electrons. The topological polar surface area (TPSA) is 119 Å². The van der Waals surface area contributed by atoms with E-state index in [1.165, 1.54) is 6.92 Å². The molecule has 0 aliphatic rings. The van der Waals surface area contributed by atoms with E-state index in [4.69, 9.17) is 11.6 Å². The summed E-state index contributed by atoms with van der Waals surface area (Å²) < 4.78 is 37.5. The van der Waals surface area contributed by atoms with Gasteiger partial charge in [0.1, 0.15) is 11.9 Å². The van der Waals surface area contributed by atoms with Crippen molar-refractivity contribution in [3.8, 4) is 0 Å². The number of aromatic nitrogens is 2. The lowest BCUT2D eigenvalue weighted by Gasteiger charge is -2.13. The molecule has 10 heteroatoms. The molecule has 1 heterocycles. The minimum atomic E-state index is -4.65. The number of nitrogens with one attached hydrogen (secondary N) is 2. The molecule has 1 aromatic heterocycles. The van der Waals surface area contributed by atoms with E-state index in [2.05, 4.69) is 15.3 Å². The summed E-state index contributed by atoms with van der Waals surface area (Å²) in [4.78, 5) is 17.6. The number of nitrogen functional groups attached to an aromatic ring is 1. The summed E-state index contributed by atoms with van der Waals surface area (Å²) in [6.45, 7) is 1.38. The molecular formula is C8H11F3N6O. The van der Waals surface area contributed by atoms with Gasteiger partial charge in [0, 0.05) is 6.07 Å². The zero-order chi connectivity index (χ0) is 13.9. The number of anilines is 2. The highest BCUT2D eigenvalue weighted by Gasteiger charge is 2.33. The van der Waals surface area contributed by atoms with Crippen molar-refractivity contribution in [2.24, 2.45) is 11.6 Å². The van der Waals surface area contributed by atoms with Crippen molar-refractivity contribution in [2.45, 2.75) is 19.1 Å². The Morgan fingerprint density at radius 2 is 2.06 bits per heavy atom. The van der Waals surface area contributed by atoms with Crippen LogP contribution < -0.4 is 22.3 Å². The summed E-state index contributed by atoms with van der Waals surface area (Å²) in [6, 6.07) is -0.230. The summed E-state index contributed by atoms with van der Waals surface area (Å²) in [5.41, 5.74) is 5.68. The van der Waals surface area contributed by atoms with Crippen LogP contribution in [0.15, 0.2) is 6.07 Å². The van der Waals surface area contributed by atoms with Gasteiger partial charge in [-0.15, -0.1) is 0 Å². The standard InChI is InChI=1S/C8H11F3N6O/c1-3(6(12)18)14-5-2-4(8(9,10)11)15-7(16-5)17-13/h2-3H,13H2,1H3,(H2,12,18)(H2,14,15,16,17). The van der Waals surface area contributed by atoms with Crippen molar-refractivity contribution in [3.63, 3.8) is 0 Å². The third-order valence-corrected chi connectivity index (χ3v) is 1.94. The van der Waals surface area contributed by atoms with Gasteiger partial charge in [-0.3, -0.25) is 10.2 Å². The van der Waals surface area contributed by atoms with Crippen LogP contribution in [0.25, 0.3) is 0 Å². The fraction of sp³-hybridized carbons (Fsp3) is 0.375. The maximum absolute atomic E-state index is 12.5. The molecule has 0 saturated carbocycles. The number of hydrazine groups is 1. The number of alkyl halides is 3. The second kappa shape index (κ2) is 5.04. The van der Waals surface area contributed by atoms with Crippen LogP contribution in [0.1, 0.15) is 12.6 Å². The molecule has 0 saturated heterocycles. The average Bonchev–Trinajstić information content (AvgIpc) is 2.27. The fourth-order valence-corrected chi connectivity index (χ4v) is 1.02. The molecule has 0 spiro atoms. The summed E-state index contributed by atoms with van der Waals surface area (Å²) >= 11 is 0. The third-order valence-electron chi connectivity index (χ3n) is 1.94. The van der Waals surface area contributed by atoms with Crippen LogP contribution in [0, 0.1) is 0 Å². The Balaban J connectivity index is 3.09. The Morgan fingerprint density at radius 3 is 2.50 bits per heavy atom. The summed E-state index contributed by atoms with van der Waals surface area (Å²) in [6.07, 6.45) is -4.65. The molecule has 0 aliphatic carbocycles. The largest absolute Gasteiger partial charge is 0.433 e. The minimum Gasteiger partial charge on any atom is -0.368 e. The van der Waals surface area contributed by atoms with Crippen molar-refractivity contribution >= 4 is 17.7 Å². The van der Waals surface area contributed by atoms with E-state index in [1.54, 1.807) is 0 Å². The molecule has 0 aromatic carbocycles. The molecule has 18 heavy (non-hydrogen) atoms. The number of amides is 1. The SMILES string of the molecule is CC(Nc1cc(C(F)(F)F)nc(NN)n1)C(N)=O. The highest BCUT2D eigenvalue weighted by molar-refractivity contribution is 5.82. The zero-order valence-corrected chi connectivity index (χ0v) is 9.25. The van der Waals surface area contributed by atoms with Crippen LogP contribution in [-0.2, 0) is 11.0 Å². The molecule has 1 rings (SSSR count). The lowest BCUT2D eigenvalue weighted by atomic mass is 10.3. The highest BCUT2D eigenvalue weighted by atomic mass is 19.4. The van der Waals surface area contributed by atoms with E-state index in [-0.39, 0.29) is 5.82 Å². The average molecular weight is 264 g/mol. The predicted molar refractivity (Wildman–Crippen MR) is 57.1 cm³/mol. The number of rotatable bonds is 4. The highest BCUT2D eigenvalue weighted by Crippen LogP contribution is 2.29. The van der Waals surface area contributed by atoms with E-state index in [1.807, 2.05) is 5.43 Å². The zero-order valence-electron chi connectivity index (χ0n) is 9.25. The Hall–Kier alpha value is -2.10. The first-order valence-corrected chi connectivity index (χ1v) is 4.72. The molecule has 0 radical (unpaired) electrons. The van der Waals surface area contributed by atoms with E-state index in [0.717, 1.165) is 0 Å². The number of carbonyl (C=O) groups excluding carboxylic acids is 1. The van der Waals surface area contributed by atoms with Crippen LogP contribution in [-0.4, -0.2) is 21.9 Å². The maximum Gasteiger partial charge on any atom is 0.433 e. The van der Waals surface area contributed by atoms with E-state index >= 15 is 0 Å². The van der Waals surface area contributed by atoms with Crippen molar-refractivity contribution in [2.75, 3.05) is 10.7 Å². The number of hydrogen-bond acceptors (Lipinski definition) is 6. The Kier molecular flexibility index (Phi) is 3.91. The van der Waals surface area contributed by atoms with Gasteiger partial charge in [-0.25, -0.2) is 10.8 Å². The Labute approximate surface area is 99.7 Å². The van der Waals surface area contributed by atoms with Crippen LogP contribution in [0.3, 0.4) is 0 Å². The molecule has 6 N–H and O–H groups in total. The van der Waals surface area contributed by atoms with Crippen molar-refractivity contribution in [1.82, 2.24) is 9.97 Å². The van der Waals surface area contributed by atoms with Gasteiger partial charge in [0.2, 0.25) is 11.9 Å². The molecule has 1 atom stereocenters. The monoisotopic (exact) mass is 264 g/mol. The molecule has 1 aromatic rings. The molecule has 0 aliphatic heterocycles. The first-order chi connectivity index (χ1) is 8.24. The number of carbonyl (C=O) groups is 1. The summed E-state index contributed by atoms with van der Waals surface area (Å²) in [5.74, 6) is 3.59. The van der Waals surface area contributed by atoms with Crippen LogP contribution in [0.4, 0.5) is 24.9 Å². The third kappa shape index (κ3) is 3.45. The molecule has 0 fully saturated rings. The smallest absolute Gasteiger partial charge is 0.368 e. The second-order valence-electron chi connectivity index (χ2n) is 3.37. The van der Waals surface area contributed by atoms with Crippen molar-refractivity contribution < 1.29 is 18.0 Å². The van der Waals surface area contributed by atoms with Gasteiger partial charge < -0.3 is 11.1 Å². The van der Waals surface area contributed by atoms with Gasteiger partial charge in [0.25, 0.3) is 0 Å². The molecule has 7 nitrogen and oxygen atoms in total. The lowest BCUT2D eigenvalue weighted by Crippen LogP contribution is -2.33. The van der Waals surface area contributed by atoms with Gasteiger partial charge in [-0.1, -0.05) is 0 Å². The number of primary amides is 1. The van der Waals surface area contributed by atoms with Gasteiger partial charge in [-0.2, -0.15) is 18.2 Å². The van der Waals surface area contributed by atoms with E-state index in [9.17, 15) is 18.0 Å². The first-order valence-electron chi connectivity index (χ1n) is 4.72. The molecular weight excluding hydrogens is 253 g/mol. The van der Waals surface area contributed by atoms with E-state index < -0.39 is 29.8 Å². The van der Waals surface area contributed by atoms with Gasteiger partial charge >= 0.3 is 6.18 Å². The Morgan fingerprint density at radius 1 is 1.44 bits per heavy atom. The van der Waals surface area contributed by atoms with Gasteiger partial charge in [0.15, 0.2) is 5.69 Å². The maximum atomic E-state index is 12.5. The fourth-order valence-electron chi connectivity index (χ4n) is 1.02. The molecule has 0 bridgehead atoms. The Bertz CT molecular complexity index is 449. The first kappa shape index (κ1) is 14.0. The number of nitrogens with two attached hydrogens (primary N) is 2. The quantitative estimate of drug-likeness (QED) is 0.451. The normalized spacial score (nSPS) is 12.9. The van der Waals surface area contributed by atoms with Crippen LogP contribution in [0.2, 0.25) is 0 Å². The summed E-state index contributed by atoms with van der Waals surface area (Å²) in [7, 11) is 0. The van der Waals surface area contributed by atoms with Gasteiger partial charge in [0.05, 0.1) is 0 Å². The lowest BCUT2D eigenvalue weighted by molar-refractivity contribution is -0.141. The number of nitrogens with zero attached hydrogens (tertiary/aromatic N) is 2. The van der Waals surface area contributed by atoms with Crippen LogP contribution in [0.5, 0.6) is 0 Å². The number of halogens is 3. The summed E-state index contributed by atoms with van der Waals surface area (Å²) in [5, 5.41) is 2.41. The van der Waals surface area contributed by atoms with Crippen LogP contribution >= 0.6 is 0 Å². The van der Waals surface area contributed by atoms with Crippen molar-refractivity contribution in [3.05, 3.63) is 11.8 Å². The number of hydrogen-bond donors (Lipinski definition) is 4. The predicted octanol–water partition coefficient (Wildman–Crippen LogP) is 0.0667. The molecule has 1 amide bonds. The van der Waals surface area contributed by atoms with Gasteiger partial charge in [-0.05, 0) is 6.92 Å². The molecule has 1 unspecified atom stereocenters. The minimum absolute atomic E-state index is 0.212.